The summed E-state index contributed by atoms with van der Waals surface area (Å²) in [4.78, 5) is 15.2. The lowest BCUT2D eigenvalue weighted by Crippen LogP contribution is -2.66. The van der Waals surface area contributed by atoms with Crippen molar-refractivity contribution in [2.75, 3.05) is 26.4 Å². The summed E-state index contributed by atoms with van der Waals surface area (Å²) in [6.07, 6.45) is -12.6. The number of fused-ring (bicyclic) bond motifs is 7. The van der Waals surface area contributed by atoms with E-state index in [0.717, 1.165) is 51.4 Å². The third-order valence-electron chi connectivity index (χ3n) is 21.3. The second kappa shape index (κ2) is 20.3. The standard InChI is InChI=1S/C54H88O19/c1-25-36(58)43(72-47-41(63)39(61)44(31(22-56)70-47)71-42-26(2)67-45(64)40(62)38(42)60)30(21-55)69-46(25)73-48(65)54-18-16-49(3,4)20-28(54)27-10-11-34-51(7)14-13-35(68-32-24-66-23-29(57)37(32)59)50(5,6)33(51)12-15-53(34,9)52(27,8)17-19-54/h10,25-26,28-47,55-64H,11-24H2,1-9H3/t25-,26-,28-,29-,30+,31-,32+,33+,34-,35+,36-,37+,38-,39-,40+,41-,42-,43-,44-,45+,46+,47+,51+,52-,53-,54+/m1/s1. The van der Waals surface area contributed by atoms with Crippen molar-refractivity contribution in [3.8, 4) is 0 Å². The number of hydrogen-bond donors (Lipinski definition) is 10. The molecule has 19 heteroatoms. The zero-order chi connectivity index (χ0) is 53.1. The maximum Gasteiger partial charge on any atom is 0.315 e. The molecular formula is C54H88O19. The first kappa shape index (κ1) is 56.3. The Balaban J connectivity index is 0.900. The highest BCUT2D eigenvalue weighted by molar-refractivity contribution is 5.79. The number of carbonyl (C=O) groups is 1. The fourth-order valence-corrected chi connectivity index (χ4v) is 16.5. The fourth-order valence-electron chi connectivity index (χ4n) is 16.5. The highest BCUT2D eigenvalue weighted by Crippen LogP contribution is 2.76. The van der Waals surface area contributed by atoms with E-state index in [4.69, 9.17) is 37.9 Å². The van der Waals surface area contributed by atoms with E-state index in [9.17, 15) is 51.1 Å². The number of rotatable bonds is 10. The molecule has 8 fully saturated rings. The number of esters is 1. The Bertz CT molecular complexity index is 2000. The van der Waals surface area contributed by atoms with E-state index in [0.29, 0.717) is 24.7 Å². The Morgan fingerprint density at radius 1 is 0.658 bits per heavy atom. The van der Waals surface area contributed by atoms with Crippen LogP contribution in [0.1, 0.15) is 127 Å². The van der Waals surface area contributed by atoms with Crippen LogP contribution in [0.25, 0.3) is 0 Å². The summed E-state index contributed by atoms with van der Waals surface area (Å²) in [6.45, 7) is 18.7. The lowest BCUT2D eigenvalue weighted by atomic mass is 9.33. The summed E-state index contributed by atoms with van der Waals surface area (Å²) in [5.41, 5.74) is -0.00554. The van der Waals surface area contributed by atoms with Crippen molar-refractivity contribution < 1.29 is 93.8 Å². The average molecular weight is 1040 g/mol. The summed E-state index contributed by atoms with van der Waals surface area (Å²) < 4.78 is 48.1. The Hall–Kier alpha value is -1.47. The van der Waals surface area contributed by atoms with Gasteiger partial charge in [0.1, 0.15) is 73.2 Å². The van der Waals surface area contributed by atoms with E-state index in [1.54, 1.807) is 6.92 Å². The largest absolute Gasteiger partial charge is 0.435 e. The highest BCUT2D eigenvalue weighted by Gasteiger charge is 2.70. The molecule has 0 aromatic rings. The van der Waals surface area contributed by atoms with Gasteiger partial charge >= 0.3 is 5.97 Å². The van der Waals surface area contributed by atoms with Crippen LogP contribution in [0.15, 0.2) is 11.6 Å². The van der Waals surface area contributed by atoms with Crippen molar-refractivity contribution in [3.05, 3.63) is 11.6 Å². The van der Waals surface area contributed by atoms with Crippen molar-refractivity contribution >= 4 is 5.97 Å². The van der Waals surface area contributed by atoms with Gasteiger partial charge in [-0.05, 0) is 116 Å². The lowest BCUT2D eigenvalue weighted by molar-refractivity contribution is -0.364. The second-order valence-electron chi connectivity index (χ2n) is 26.1. The molecular weight excluding hydrogens is 953 g/mol. The predicted octanol–water partition coefficient (Wildman–Crippen LogP) is 1.59. The smallest absolute Gasteiger partial charge is 0.315 e. The number of ether oxygens (including phenoxy) is 8. The van der Waals surface area contributed by atoms with Gasteiger partial charge in [-0.15, -0.1) is 0 Å². The Labute approximate surface area is 429 Å². The molecule has 9 rings (SSSR count). The van der Waals surface area contributed by atoms with Gasteiger partial charge in [-0.25, -0.2) is 0 Å². The van der Waals surface area contributed by atoms with E-state index < -0.39 is 135 Å². The minimum absolute atomic E-state index is 0.00532. The van der Waals surface area contributed by atoms with Gasteiger partial charge in [-0.1, -0.05) is 67.0 Å². The Kier molecular flexibility index (Phi) is 15.7. The molecule has 0 spiro atoms. The molecule has 4 heterocycles. The molecule has 19 nitrogen and oxygen atoms in total. The quantitative estimate of drug-likeness (QED) is 0.110. The van der Waals surface area contributed by atoms with Gasteiger partial charge in [-0.2, -0.15) is 0 Å². The average Bonchev–Trinajstić information content (AvgIpc) is 3.33. The van der Waals surface area contributed by atoms with Gasteiger partial charge in [0.05, 0.1) is 50.2 Å². The predicted molar refractivity (Wildman–Crippen MR) is 257 cm³/mol. The van der Waals surface area contributed by atoms with Crippen molar-refractivity contribution in [2.24, 2.45) is 56.2 Å². The summed E-state index contributed by atoms with van der Waals surface area (Å²) >= 11 is 0. The normalized spacial score (nSPS) is 53.7. The lowest BCUT2D eigenvalue weighted by Gasteiger charge is -2.71. The van der Waals surface area contributed by atoms with Crippen LogP contribution >= 0.6 is 0 Å². The molecule has 0 bridgehead atoms. The van der Waals surface area contributed by atoms with E-state index in [1.807, 2.05) is 0 Å². The van der Waals surface area contributed by atoms with Gasteiger partial charge in [0.2, 0.25) is 6.29 Å². The first-order chi connectivity index (χ1) is 34.2. The van der Waals surface area contributed by atoms with Crippen molar-refractivity contribution in [1.82, 2.24) is 0 Å². The molecule has 0 aromatic heterocycles. The van der Waals surface area contributed by atoms with Gasteiger partial charge < -0.3 is 89.0 Å². The van der Waals surface area contributed by atoms with Crippen molar-refractivity contribution in [2.45, 2.75) is 237 Å². The van der Waals surface area contributed by atoms with Gasteiger partial charge in [0, 0.05) is 5.92 Å². The number of aliphatic hydroxyl groups is 10. The first-order valence-electron chi connectivity index (χ1n) is 27.3. The summed E-state index contributed by atoms with van der Waals surface area (Å²) in [6, 6.07) is 0. The zero-order valence-electron chi connectivity index (χ0n) is 44.3. The van der Waals surface area contributed by atoms with Crippen molar-refractivity contribution in [3.63, 3.8) is 0 Å². The van der Waals surface area contributed by atoms with Crippen LogP contribution in [0.5, 0.6) is 0 Å². The molecule has 73 heavy (non-hydrogen) atoms. The molecule has 10 N–H and O–H groups in total. The van der Waals surface area contributed by atoms with Gasteiger partial charge in [-0.3, -0.25) is 4.79 Å². The zero-order valence-corrected chi connectivity index (χ0v) is 44.3. The third-order valence-corrected chi connectivity index (χ3v) is 21.3. The van der Waals surface area contributed by atoms with Gasteiger partial charge in [0.25, 0.3) is 0 Å². The molecule has 0 radical (unpaired) electrons. The van der Waals surface area contributed by atoms with Crippen LogP contribution < -0.4 is 0 Å². The number of aliphatic hydroxyl groups excluding tert-OH is 10. The minimum atomic E-state index is -1.85. The highest BCUT2D eigenvalue weighted by atomic mass is 16.7. The van der Waals surface area contributed by atoms with Crippen LogP contribution in [0.4, 0.5) is 0 Å². The van der Waals surface area contributed by atoms with Crippen LogP contribution in [-0.2, 0) is 42.7 Å². The SMILES string of the molecule is C[C@H]1[C@H](OC(=O)[C@]23CCC(C)(C)C[C@@H]2C2=CC[C@@H]4[C@@]5(C)CC[C@H](O[C@H]6COC[C@@H](O)[C@@H]6O)C(C)(C)[C@@H]5CC[C@@]4(C)[C@]2(C)CC3)O[C@@H](CO)[C@@H](O[C@@H]2O[C@H](CO)[C@@H](O[C@H]3[C@H](O)[C@H](O)[C@@H](O)O[C@@H]3C)[C@H](O)[C@H]2O)[C@@H]1O. The van der Waals surface area contributed by atoms with Crippen molar-refractivity contribution in [1.29, 1.82) is 0 Å². The molecule has 4 saturated carbocycles. The maximum atomic E-state index is 15.2. The number of allylic oxidation sites excluding steroid dienone is 2. The van der Waals surface area contributed by atoms with E-state index in [1.165, 1.54) is 12.5 Å². The molecule has 418 valence electrons. The van der Waals surface area contributed by atoms with Gasteiger partial charge in [0.15, 0.2) is 12.6 Å². The van der Waals surface area contributed by atoms with Crippen LogP contribution in [0, 0.1) is 56.2 Å². The third kappa shape index (κ3) is 9.22. The van der Waals surface area contributed by atoms with Crippen LogP contribution in [-0.4, -0.2) is 194 Å². The van der Waals surface area contributed by atoms with E-state index in [-0.39, 0.29) is 52.3 Å². The molecule has 5 aliphatic carbocycles. The van der Waals surface area contributed by atoms with E-state index in [2.05, 4.69) is 54.5 Å². The molecule has 4 saturated heterocycles. The Morgan fingerprint density at radius 2 is 1.30 bits per heavy atom. The molecule has 0 aromatic carbocycles. The molecule has 0 amide bonds. The number of hydrogen-bond acceptors (Lipinski definition) is 19. The fraction of sp³-hybridized carbons (Fsp3) is 0.944. The summed E-state index contributed by atoms with van der Waals surface area (Å²) in [5, 5.41) is 107. The number of carbonyl (C=O) groups excluding carboxylic acids is 1. The Morgan fingerprint density at radius 3 is 1.99 bits per heavy atom. The maximum absolute atomic E-state index is 15.2. The van der Waals surface area contributed by atoms with Crippen LogP contribution in [0.2, 0.25) is 0 Å². The second-order valence-corrected chi connectivity index (χ2v) is 26.1. The van der Waals surface area contributed by atoms with Crippen LogP contribution in [0.3, 0.4) is 0 Å². The molecule has 0 unspecified atom stereocenters. The summed E-state index contributed by atoms with van der Waals surface area (Å²) in [5.74, 6) is -0.645. The molecule has 4 aliphatic heterocycles. The van der Waals surface area contributed by atoms with E-state index >= 15 is 4.79 Å². The first-order valence-corrected chi connectivity index (χ1v) is 27.3. The molecule has 26 atom stereocenters. The molecule has 9 aliphatic rings. The summed E-state index contributed by atoms with van der Waals surface area (Å²) in [7, 11) is 0. The monoisotopic (exact) mass is 1040 g/mol. The minimum Gasteiger partial charge on any atom is -0.435 e. The topological polar surface area (TPSA) is 293 Å².